The Bertz CT molecular complexity index is 1120. The van der Waals surface area contributed by atoms with Gasteiger partial charge in [-0.3, -0.25) is 0 Å². The lowest BCUT2D eigenvalue weighted by molar-refractivity contribution is 0.282. The molecule has 1 saturated heterocycles. The average molecular weight is 458 g/mol. The molecule has 168 valence electrons. The number of rotatable bonds is 5. The van der Waals surface area contributed by atoms with E-state index in [0.29, 0.717) is 35.3 Å². The van der Waals surface area contributed by atoms with Gasteiger partial charge >= 0.3 is 6.01 Å². The second-order valence-corrected chi connectivity index (χ2v) is 9.12. The summed E-state index contributed by atoms with van der Waals surface area (Å²) in [5.74, 6) is 1.09. The van der Waals surface area contributed by atoms with Crippen molar-refractivity contribution in [3.63, 3.8) is 0 Å². The van der Waals surface area contributed by atoms with E-state index < -0.39 is 0 Å². The molecule has 5 rings (SSSR count). The van der Waals surface area contributed by atoms with Crippen LogP contribution in [0, 0.1) is 17.7 Å². The Balaban J connectivity index is 1.54. The Labute approximate surface area is 190 Å². The predicted molar refractivity (Wildman–Crippen MR) is 118 cm³/mol. The van der Waals surface area contributed by atoms with Gasteiger partial charge in [0, 0.05) is 24.6 Å². The number of benzene rings is 1. The third-order valence-electron chi connectivity index (χ3n) is 6.38. The van der Waals surface area contributed by atoms with E-state index in [9.17, 15) is 4.39 Å². The van der Waals surface area contributed by atoms with Crippen molar-refractivity contribution in [1.29, 1.82) is 0 Å². The van der Waals surface area contributed by atoms with Crippen molar-refractivity contribution >= 4 is 17.5 Å². The predicted octanol–water partition coefficient (Wildman–Crippen LogP) is 4.15. The number of piperidine rings is 1. The van der Waals surface area contributed by atoms with Crippen molar-refractivity contribution in [2.45, 2.75) is 44.8 Å². The van der Waals surface area contributed by atoms with Crippen LogP contribution >= 0.6 is 11.6 Å². The Morgan fingerprint density at radius 1 is 1.22 bits per heavy atom. The van der Waals surface area contributed by atoms with Gasteiger partial charge in [-0.2, -0.15) is 4.98 Å². The number of fused-ring (bicyclic) bond motifs is 2. The van der Waals surface area contributed by atoms with Crippen molar-refractivity contribution in [2.24, 2.45) is 17.6 Å². The summed E-state index contributed by atoms with van der Waals surface area (Å²) in [6.45, 7) is 4.70. The first-order valence-corrected chi connectivity index (χ1v) is 11.2. The molecule has 4 unspecified atom stereocenters. The molecule has 8 nitrogen and oxygen atoms in total. The van der Waals surface area contributed by atoms with Crippen LogP contribution in [0.3, 0.4) is 0 Å². The summed E-state index contributed by atoms with van der Waals surface area (Å²) in [6, 6.07) is 8.04. The quantitative estimate of drug-likeness (QED) is 0.575. The molecule has 10 heteroatoms. The van der Waals surface area contributed by atoms with Crippen LogP contribution in [0.25, 0.3) is 0 Å². The minimum atomic E-state index is -0.374. The molecule has 1 saturated carbocycles. The van der Waals surface area contributed by atoms with Crippen LogP contribution in [-0.4, -0.2) is 37.3 Å². The molecule has 0 amide bonds. The normalized spacial score (nSPS) is 24.9. The number of nitrogens with zero attached hydrogens (tertiary/aromatic N) is 6. The molecule has 1 aliphatic heterocycles. The van der Waals surface area contributed by atoms with Gasteiger partial charge in [0.25, 0.3) is 0 Å². The van der Waals surface area contributed by atoms with Gasteiger partial charge in [-0.05, 0) is 50.8 Å². The van der Waals surface area contributed by atoms with Gasteiger partial charge in [-0.1, -0.05) is 17.7 Å². The van der Waals surface area contributed by atoms with Gasteiger partial charge in [0.1, 0.15) is 23.0 Å². The maximum absolute atomic E-state index is 13.7. The van der Waals surface area contributed by atoms with Gasteiger partial charge < -0.3 is 15.4 Å². The molecular formula is C22H25ClFN7O. The fraction of sp³-hybridized carbons (Fsp3) is 0.455. The smallest absolute Gasteiger partial charge is 0.322 e. The van der Waals surface area contributed by atoms with E-state index >= 15 is 0 Å². The Kier molecular flexibility index (Phi) is 5.46. The first-order valence-electron chi connectivity index (χ1n) is 10.8. The molecule has 2 aromatic heterocycles. The molecule has 1 aliphatic carbocycles. The van der Waals surface area contributed by atoms with Crippen molar-refractivity contribution in [3.05, 3.63) is 53.3 Å². The van der Waals surface area contributed by atoms with Crippen molar-refractivity contribution in [3.8, 4) is 11.8 Å². The highest BCUT2D eigenvalue weighted by Gasteiger charge is 2.48. The van der Waals surface area contributed by atoms with Crippen LogP contribution in [0.4, 0.5) is 10.3 Å². The molecule has 0 spiro atoms. The van der Waals surface area contributed by atoms with Gasteiger partial charge in [0.15, 0.2) is 0 Å². The molecule has 2 fully saturated rings. The molecule has 2 aliphatic rings. The summed E-state index contributed by atoms with van der Waals surface area (Å²) in [7, 11) is 0. The van der Waals surface area contributed by atoms with Crippen LogP contribution < -0.4 is 15.4 Å². The molecule has 2 N–H and O–H groups in total. The number of hydrogen-bond donors (Lipinski definition) is 1. The Hall–Kier alpha value is -2.78. The number of halogens is 2. The lowest BCUT2D eigenvalue weighted by Gasteiger charge is -2.42. The van der Waals surface area contributed by atoms with E-state index in [1.54, 1.807) is 22.9 Å². The lowest BCUT2D eigenvalue weighted by Crippen LogP contribution is -2.51. The fourth-order valence-corrected chi connectivity index (χ4v) is 5.03. The summed E-state index contributed by atoms with van der Waals surface area (Å²) >= 11 is 6.18. The van der Waals surface area contributed by atoms with Crippen molar-refractivity contribution in [1.82, 2.24) is 24.7 Å². The van der Waals surface area contributed by atoms with Gasteiger partial charge in [0.2, 0.25) is 5.95 Å². The molecule has 4 atom stereocenters. The molecule has 3 heterocycles. The summed E-state index contributed by atoms with van der Waals surface area (Å²) in [5, 5.41) is 5.16. The maximum Gasteiger partial charge on any atom is 0.322 e. The number of anilines is 1. The number of nitrogens with two attached hydrogens (primary N) is 1. The Morgan fingerprint density at radius 2 is 2.06 bits per heavy atom. The second-order valence-electron chi connectivity index (χ2n) is 8.73. The standard InChI is InChI=1S/C22H25ClFN7O/c1-12(2)31-22(32-15-5-3-4-14(24)8-15)28-21(29-31)30-10-13-6-7-16(19(13)25)20(30)17-9-18(23)27-11-26-17/h3-5,8-9,11-13,16,19-20H,6-7,10,25H2,1-2H3. The van der Waals surface area contributed by atoms with E-state index in [0.717, 1.165) is 18.5 Å². The van der Waals surface area contributed by atoms with E-state index in [1.807, 2.05) is 13.8 Å². The van der Waals surface area contributed by atoms with E-state index in [4.69, 9.17) is 32.2 Å². The average Bonchev–Trinajstić information content (AvgIpc) is 3.25. The molecule has 3 aromatic rings. The summed E-state index contributed by atoms with van der Waals surface area (Å²) in [4.78, 5) is 15.4. The van der Waals surface area contributed by atoms with Crippen LogP contribution in [0.5, 0.6) is 11.8 Å². The minimum absolute atomic E-state index is 0.00415. The van der Waals surface area contributed by atoms with Gasteiger partial charge in [0.05, 0.1) is 17.8 Å². The Morgan fingerprint density at radius 3 is 2.81 bits per heavy atom. The zero-order chi connectivity index (χ0) is 22.4. The molecular weight excluding hydrogens is 433 g/mol. The van der Waals surface area contributed by atoms with E-state index in [-0.39, 0.29) is 29.9 Å². The largest absolute Gasteiger partial charge is 0.424 e. The molecule has 0 radical (unpaired) electrons. The zero-order valence-electron chi connectivity index (χ0n) is 17.9. The summed E-state index contributed by atoms with van der Waals surface area (Å²) in [6.07, 6.45) is 3.53. The molecule has 2 bridgehead atoms. The van der Waals surface area contributed by atoms with Crippen LogP contribution in [0.1, 0.15) is 44.5 Å². The van der Waals surface area contributed by atoms with Crippen LogP contribution in [-0.2, 0) is 0 Å². The number of ether oxygens (including phenoxy) is 1. The van der Waals surface area contributed by atoms with E-state index in [1.165, 1.54) is 18.5 Å². The first-order chi connectivity index (χ1) is 15.4. The topological polar surface area (TPSA) is 95.0 Å². The monoisotopic (exact) mass is 457 g/mol. The van der Waals surface area contributed by atoms with Gasteiger partial charge in [-0.25, -0.2) is 19.0 Å². The highest BCUT2D eigenvalue weighted by atomic mass is 35.5. The fourth-order valence-electron chi connectivity index (χ4n) is 4.88. The SMILES string of the molecule is CC(C)n1nc(N2CC3CCC(C3N)C2c2cc(Cl)ncn2)nc1Oc1cccc(F)c1. The first kappa shape index (κ1) is 21.1. The molecule has 1 aromatic carbocycles. The number of aromatic nitrogens is 5. The van der Waals surface area contributed by atoms with Crippen molar-refractivity contribution < 1.29 is 9.13 Å². The van der Waals surface area contributed by atoms with Crippen molar-refractivity contribution in [2.75, 3.05) is 11.4 Å². The third kappa shape index (κ3) is 3.80. The summed E-state index contributed by atoms with van der Waals surface area (Å²) in [5.41, 5.74) is 7.39. The minimum Gasteiger partial charge on any atom is -0.424 e. The van der Waals surface area contributed by atoms with Crippen LogP contribution in [0.15, 0.2) is 36.7 Å². The highest BCUT2D eigenvalue weighted by Crippen LogP contribution is 2.47. The van der Waals surface area contributed by atoms with Gasteiger partial charge in [-0.15, -0.1) is 5.10 Å². The second kappa shape index (κ2) is 8.29. The number of hydrogen-bond acceptors (Lipinski definition) is 7. The van der Waals surface area contributed by atoms with Crippen LogP contribution in [0.2, 0.25) is 5.15 Å². The highest BCUT2D eigenvalue weighted by molar-refractivity contribution is 6.29. The maximum atomic E-state index is 13.7. The summed E-state index contributed by atoms with van der Waals surface area (Å²) < 4.78 is 21.3. The third-order valence-corrected chi connectivity index (χ3v) is 6.59. The lowest BCUT2D eigenvalue weighted by atomic mass is 9.84. The molecule has 32 heavy (non-hydrogen) atoms. The zero-order valence-corrected chi connectivity index (χ0v) is 18.7. The van der Waals surface area contributed by atoms with E-state index in [2.05, 4.69) is 14.9 Å².